The molecule has 0 fully saturated rings. The molecular formula is C4H8NO2. The number of hydrogen-bond donors (Lipinski definition) is 1. The highest BCUT2D eigenvalue weighted by atomic mass is 16.5. The van der Waals surface area contributed by atoms with E-state index in [1.807, 2.05) is 0 Å². The van der Waals surface area contributed by atoms with Crippen LogP contribution in [0.2, 0.25) is 0 Å². The summed E-state index contributed by atoms with van der Waals surface area (Å²) in [7, 11) is 1.32. The molecule has 0 bridgehead atoms. The maximum Gasteiger partial charge on any atom is 0.407 e. The normalized spacial score (nSPS) is 7.71. The zero-order valence-corrected chi connectivity index (χ0v) is 4.39. The molecule has 41 valence electrons. The molecule has 0 aromatic carbocycles. The summed E-state index contributed by atoms with van der Waals surface area (Å²) in [5, 5.41) is 2.31. The van der Waals surface area contributed by atoms with Crippen LogP contribution in [0.3, 0.4) is 0 Å². The van der Waals surface area contributed by atoms with E-state index in [-0.39, 0.29) is 0 Å². The third-order valence-corrected chi connectivity index (χ3v) is 0.448. The number of hydrogen-bond acceptors (Lipinski definition) is 2. The topological polar surface area (TPSA) is 38.3 Å². The van der Waals surface area contributed by atoms with Gasteiger partial charge in [-0.25, -0.2) is 4.79 Å². The predicted molar refractivity (Wildman–Crippen MR) is 25.5 cm³/mol. The summed E-state index contributed by atoms with van der Waals surface area (Å²) in [6.07, 6.45) is -0.428. The first kappa shape index (κ1) is 6.27. The van der Waals surface area contributed by atoms with Gasteiger partial charge in [-0.05, 0) is 6.92 Å². The standard InChI is InChI=1S/C4H8NO2/c1-3-5-4(6)7-2/h3H,1-2H3,(H,5,6). The van der Waals surface area contributed by atoms with Crippen LogP contribution in [0.1, 0.15) is 6.92 Å². The maximum atomic E-state index is 10.0. The van der Waals surface area contributed by atoms with Gasteiger partial charge in [0.1, 0.15) is 0 Å². The van der Waals surface area contributed by atoms with Gasteiger partial charge in [0.15, 0.2) is 0 Å². The van der Waals surface area contributed by atoms with Crippen LogP contribution in [0.5, 0.6) is 0 Å². The Morgan fingerprint density at radius 3 is 2.57 bits per heavy atom. The molecule has 0 rings (SSSR count). The largest absolute Gasteiger partial charge is 0.453 e. The molecule has 3 heteroatoms. The van der Waals surface area contributed by atoms with Crippen molar-refractivity contribution in [3.05, 3.63) is 6.54 Å². The highest BCUT2D eigenvalue weighted by Crippen LogP contribution is 1.69. The van der Waals surface area contributed by atoms with E-state index in [1.54, 1.807) is 6.92 Å². The molecule has 3 nitrogen and oxygen atoms in total. The van der Waals surface area contributed by atoms with Crippen LogP contribution in [-0.2, 0) is 4.74 Å². The molecule has 7 heavy (non-hydrogen) atoms. The number of amides is 1. The number of alkyl carbamates (subject to hydrolysis) is 1. The second-order valence-electron chi connectivity index (χ2n) is 0.925. The smallest absolute Gasteiger partial charge is 0.407 e. The van der Waals surface area contributed by atoms with Crippen molar-refractivity contribution in [1.29, 1.82) is 0 Å². The Morgan fingerprint density at radius 1 is 1.86 bits per heavy atom. The van der Waals surface area contributed by atoms with Crippen LogP contribution >= 0.6 is 0 Å². The van der Waals surface area contributed by atoms with Crippen LogP contribution < -0.4 is 5.32 Å². The molecule has 0 saturated carbocycles. The van der Waals surface area contributed by atoms with Gasteiger partial charge in [0, 0.05) is 6.54 Å². The number of rotatable bonds is 1. The van der Waals surface area contributed by atoms with E-state index in [0.29, 0.717) is 0 Å². The molecule has 0 aliphatic rings. The second-order valence-corrected chi connectivity index (χ2v) is 0.925. The summed E-state index contributed by atoms with van der Waals surface area (Å²) in [5.74, 6) is 0. The summed E-state index contributed by atoms with van der Waals surface area (Å²) in [6.45, 7) is 3.21. The number of carbonyl (C=O) groups is 1. The van der Waals surface area contributed by atoms with Gasteiger partial charge in [0.25, 0.3) is 0 Å². The average molecular weight is 102 g/mol. The van der Waals surface area contributed by atoms with E-state index in [2.05, 4.69) is 10.1 Å². The minimum Gasteiger partial charge on any atom is -0.453 e. The van der Waals surface area contributed by atoms with Gasteiger partial charge in [0.2, 0.25) is 0 Å². The molecule has 1 amide bonds. The second kappa shape index (κ2) is 3.46. The summed E-state index contributed by atoms with van der Waals surface area (Å²) >= 11 is 0. The lowest BCUT2D eigenvalue weighted by Gasteiger charge is -1.94. The third-order valence-electron chi connectivity index (χ3n) is 0.448. The summed E-state index contributed by atoms with van der Waals surface area (Å²) in [4.78, 5) is 10.0. The maximum absolute atomic E-state index is 10.0. The molecule has 0 heterocycles. The van der Waals surface area contributed by atoms with Gasteiger partial charge in [-0.2, -0.15) is 0 Å². The fraction of sp³-hybridized carbons (Fsp3) is 0.500. The Morgan fingerprint density at radius 2 is 2.43 bits per heavy atom. The minimum atomic E-state index is -0.428. The van der Waals surface area contributed by atoms with Crippen LogP contribution in [0.15, 0.2) is 0 Å². The monoisotopic (exact) mass is 102 g/mol. The zero-order chi connectivity index (χ0) is 5.70. The van der Waals surface area contributed by atoms with Gasteiger partial charge in [-0.1, -0.05) is 0 Å². The fourth-order valence-electron chi connectivity index (χ4n) is 0.177. The Bertz CT molecular complexity index is 62.7. The van der Waals surface area contributed by atoms with E-state index in [4.69, 9.17) is 0 Å². The van der Waals surface area contributed by atoms with Crippen molar-refractivity contribution in [2.75, 3.05) is 7.11 Å². The van der Waals surface area contributed by atoms with E-state index in [1.165, 1.54) is 13.7 Å². The van der Waals surface area contributed by atoms with Gasteiger partial charge in [-0.3, -0.25) is 0 Å². The molecule has 0 spiro atoms. The summed E-state index contributed by atoms with van der Waals surface area (Å²) < 4.78 is 4.21. The zero-order valence-electron chi connectivity index (χ0n) is 4.39. The Balaban J connectivity index is 3.00. The SMILES string of the molecule is C[CH]NC(=O)OC. The van der Waals surface area contributed by atoms with Crippen molar-refractivity contribution >= 4 is 6.09 Å². The Kier molecular flexibility index (Phi) is 3.10. The first-order valence-corrected chi connectivity index (χ1v) is 1.93. The van der Waals surface area contributed by atoms with Crippen molar-refractivity contribution in [2.45, 2.75) is 6.92 Å². The number of nitrogens with one attached hydrogen (secondary N) is 1. The molecule has 1 N–H and O–H groups in total. The number of ether oxygens (including phenoxy) is 1. The summed E-state index contributed by atoms with van der Waals surface area (Å²) in [6, 6.07) is 0. The number of carbonyl (C=O) groups excluding carboxylic acids is 1. The molecule has 0 unspecified atom stereocenters. The Hall–Kier alpha value is -0.730. The van der Waals surface area contributed by atoms with E-state index in [9.17, 15) is 4.79 Å². The molecule has 0 saturated heterocycles. The number of methoxy groups -OCH3 is 1. The van der Waals surface area contributed by atoms with Crippen molar-refractivity contribution < 1.29 is 9.53 Å². The molecule has 0 atom stereocenters. The van der Waals surface area contributed by atoms with Crippen molar-refractivity contribution in [2.24, 2.45) is 0 Å². The lowest BCUT2D eigenvalue weighted by Crippen LogP contribution is -2.18. The molecule has 0 aromatic rings. The predicted octanol–water partition coefficient (Wildman–Crippen LogP) is 0.524. The first-order valence-electron chi connectivity index (χ1n) is 1.93. The molecule has 0 aliphatic carbocycles. The quantitative estimate of drug-likeness (QED) is 0.524. The molecule has 0 aliphatic heterocycles. The van der Waals surface area contributed by atoms with Crippen LogP contribution in [0, 0.1) is 6.54 Å². The minimum absolute atomic E-state index is 0.428. The molecular weight excluding hydrogens is 94.0 g/mol. The molecule has 1 radical (unpaired) electrons. The van der Waals surface area contributed by atoms with Gasteiger partial charge in [0.05, 0.1) is 7.11 Å². The van der Waals surface area contributed by atoms with E-state index in [0.717, 1.165) is 0 Å². The lowest BCUT2D eigenvalue weighted by molar-refractivity contribution is 0.174. The highest BCUT2D eigenvalue weighted by molar-refractivity contribution is 5.67. The van der Waals surface area contributed by atoms with Gasteiger partial charge >= 0.3 is 6.09 Å². The van der Waals surface area contributed by atoms with Gasteiger partial charge in [-0.15, -0.1) is 0 Å². The third kappa shape index (κ3) is 3.09. The van der Waals surface area contributed by atoms with Crippen LogP contribution in [0.25, 0.3) is 0 Å². The van der Waals surface area contributed by atoms with Crippen molar-refractivity contribution in [1.82, 2.24) is 5.32 Å². The van der Waals surface area contributed by atoms with Gasteiger partial charge < -0.3 is 10.1 Å². The fourth-order valence-corrected chi connectivity index (χ4v) is 0.177. The Labute approximate surface area is 42.7 Å². The van der Waals surface area contributed by atoms with E-state index >= 15 is 0 Å². The van der Waals surface area contributed by atoms with E-state index < -0.39 is 6.09 Å². The summed E-state index contributed by atoms with van der Waals surface area (Å²) in [5.41, 5.74) is 0. The van der Waals surface area contributed by atoms with Crippen molar-refractivity contribution in [3.63, 3.8) is 0 Å². The van der Waals surface area contributed by atoms with Crippen LogP contribution in [-0.4, -0.2) is 13.2 Å². The van der Waals surface area contributed by atoms with Crippen molar-refractivity contribution in [3.8, 4) is 0 Å². The lowest BCUT2D eigenvalue weighted by atomic mass is 10.8. The highest BCUT2D eigenvalue weighted by Gasteiger charge is 1.89. The first-order chi connectivity index (χ1) is 3.31. The molecule has 0 aromatic heterocycles. The van der Waals surface area contributed by atoms with Crippen LogP contribution in [0.4, 0.5) is 4.79 Å². The average Bonchev–Trinajstić information content (AvgIpc) is 1.68.